The quantitative estimate of drug-likeness (QED) is 0.931. The van der Waals surface area contributed by atoms with Crippen LogP contribution >= 0.6 is 34.5 Å². The van der Waals surface area contributed by atoms with Crippen LogP contribution in [0.3, 0.4) is 0 Å². The van der Waals surface area contributed by atoms with E-state index in [1.807, 2.05) is 29.9 Å². The summed E-state index contributed by atoms with van der Waals surface area (Å²) in [5.74, 6) is 0. The van der Waals surface area contributed by atoms with Crippen molar-refractivity contribution < 1.29 is 0 Å². The van der Waals surface area contributed by atoms with Crippen LogP contribution in [0.1, 0.15) is 30.0 Å². The second-order valence-electron chi connectivity index (χ2n) is 4.20. The van der Waals surface area contributed by atoms with Gasteiger partial charge >= 0.3 is 0 Å². The summed E-state index contributed by atoms with van der Waals surface area (Å²) < 4.78 is 2.60. The van der Waals surface area contributed by atoms with Gasteiger partial charge in [-0.15, -0.1) is 11.3 Å². The standard InChI is InChI=1S/C12H15Cl2N3S/c1-3-9(15)12(10-4-5-11(14)18-10)17-6-8(13)7(2)16-17/h4-6,9,12H,3,15H2,1-2H3. The molecule has 0 fully saturated rings. The van der Waals surface area contributed by atoms with Crippen molar-refractivity contribution in [3.8, 4) is 0 Å². The van der Waals surface area contributed by atoms with Gasteiger partial charge in [0.15, 0.2) is 0 Å². The van der Waals surface area contributed by atoms with E-state index in [1.54, 1.807) is 0 Å². The Balaban J connectivity index is 2.42. The van der Waals surface area contributed by atoms with Gasteiger partial charge in [0.05, 0.1) is 15.1 Å². The van der Waals surface area contributed by atoms with Crippen LogP contribution in [-0.2, 0) is 0 Å². The third-order valence-electron chi connectivity index (χ3n) is 2.90. The lowest BCUT2D eigenvalue weighted by atomic mass is 10.1. The minimum Gasteiger partial charge on any atom is -0.326 e. The Morgan fingerprint density at radius 3 is 2.61 bits per heavy atom. The lowest BCUT2D eigenvalue weighted by Crippen LogP contribution is -2.32. The molecule has 6 heteroatoms. The van der Waals surface area contributed by atoms with Crippen molar-refractivity contribution in [2.75, 3.05) is 0 Å². The van der Waals surface area contributed by atoms with Crippen LogP contribution in [0.2, 0.25) is 9.36 Å². The van der Waals surface area contributed by atoms with E-state index < -0.39 is 0 Å². The molecule has 0 saturated heterocycles. The Labute approximate surface area is 121 Å². The number of halogens is 2. The van der Waals surface area contributed by atoms with Crippen molar-refractivity contribution in [3.63, 3.8) is 0 Å². The van der Waals surface area contributed by atoms with Crippen LogP contribution < -0.4 is 5.73 Å². The zero-order valence-electron chi connectivity index (χ0n) is 10.2. The summed E-state index contributed by atoms with van der Waals surface area (Å²) in [5.41, 5.74) is 7.02. The predicted octanol–water partition coefficient (Wildman–Crippen LogP) is 3.89. The number of nitrogens with two attached hydrogens (primary N) is 1. The second-order valence-corrected chi connectivity index (χ2v) is 6.36. The molecule has 2 aromatic heterocycles. The van der Waals surface area contributed by atoms with Crippen molar-refractivity contribution in [2.24, 2.45) is 5.73 Å². The third kappa shape index (κ3) is 2.72. The molecular weight excluding hydrogens is 289 g/mol. The normalized spacial score (nSPS) is 14.7. The highest BCUT2D eigenvalue weighted by atomic mass is 35.5. The van der Waals surface area contributed by atoms with Crippen molar-refractivity contribution in [1.82, 2.24) is 9.78 Å². The Morgan fingerprint density at radius 2 is 2.17 bits per heavy atom. The second kappa shape index (κ2) is 5.61. The van der Waals surface area contributed by atoms with Gasteiger partial charge in [-0.25, -0.2) is 0 Å². The molecular formula is C12H15Cl2N3S. The fraction of sp³-hybridized carbons (Fsp3) is 0.417. The van der Waals surface area contributed by atoms with Crippen LogP contribution in [0.4, 0.5) is 0 Å². The van der Waals surface area contributed by atoms with E-state index in [0.717, 1.165) is 21.3 Å². The van der Waals surface area contributed by atoms with Crippen LogP contribution in [0.25, 0.3) is 0 Å². The first kappa shape index (κ1) is 13.9. The van der Waals surface area contributed by atoms with E-state index >= 15 is 0 Å². The first-order valence-corrected chi connectivity index (χ1v) is 7.32. The zero-order chi connectivity index (χ0) is 13.3. The summed E-state index contributed by atoms with van der Waals surface area (Å²) in [7, 11) is 0. The maximum Gasteiger partial charge on any atom is 0.101 e. The van der Waals surface area contributed by atoms with Crippen LogP contribution in [0, 0.1) is 6.92 Å². The van der Waals surface area contributed by atoms with Crippen molar-refractivity contribution >= 4 is 34.5 Å². The lowest BCUT2D eigenvalue weighted by Gasteiger charge is -2.22. The molecule has 2 N–H and O–H groups in total. The summed E-state index contributed by atoms with van der Waals surface area (Å²) in [6.07, 6.45) is 2.68. The highest BCUT2D eigenvalue weighted by molar-refractivity contribution is 7.16. The maximum absolute atomic E-state index is 6.21. The SMILES string of the molecule is CCC(N)C(c1ccc(Cl)s1)n1cc(Cl)c(C)n1. The summed E-state index contributed by atoms with van der Waals surface area (Å²) in [6.45, 7) is 3.94. The van der Waals surface area contributed by atoms with E-state index in [2.05, 4.69) is 12.0 Å². The lowest BCUT2D eigenvalue weighted by molar-refractivity contribution is 0.428. The number of nitrogens with zero attached hydrogens (tertiary/aromatic N) is 2. The topological polar surface area (TPSA) is 43.8 Å². The molecule has 0 radical (unpaired) electrons. The van der Waals surface area contributed by atoms with E-state index in [9.17, 15) is 0 Å². The van der Waals surface area contributed by atoms with Crippen LogP contribution in [0.5, 0.6) is 0 Å². The van der Waals surface area contributed by atoms with Crippen LogP contribution in [-0.4, -0.2) is 15.8 Å². The first-order chi connectivity index (χ1) is 8.52. The molecule has 0 saturated carbocycles. The maximum atomic E-state index is 6.21. The van der Waals surface area contributed by atoms with Gasteiger partial charge < -0.3 is 5.73 Å². The number of aromatic nitrogens is 2. The Morgan fingerprint density at radius 1 is 1.44 bits per heavy atom. The van der Waals surface area contributed by atoms with Crippen molar-refractivity contribution in [2.45, 2.75) is 32.4 Å². The molecule has 98 valence electrons. The van der Waals surface area contributed by atoms with Crippen molar-refractivity contribution in [3.05, 3.63) is 38.3 Å². The number of aryl methyl sites for hydroxylation is 1. The molecule has 0 aliphatic heterocycles. The fourth-order valence-corrected chi connectivity index (χ4v) is 3.22. The molecule has 3 nitrogen and oxygen atoms in total. The summed E-state index contributed by atoms with van der Waals surface area (Å²) in [5, 5.41) is 5.09. The molecule has 2 unspecified atom stereocenters. The van der Waals surface area contributed by atoms with Gasteiger partial charge in [0.2, 0.25) is 0 Å². The molecule has 2 atom stereocenters. The molecule has 0 aromatic carbocycles. The van der Waals surface area contributed by atoms with E-state index in [-0.39, 0.29) is 12.1 Å². The Bertz CT molecular complexity index is 516. The van der Waals surface area contributed by atoms with Crippen LogP contribution in [0.15, 0.2) is 18.3 Å². The zero-order valence-corrected chi connectivity index (χ0v) is 12.6. The summed E-state index contributed by atoms with van der Waals surface area (Å²) in [6, 6.07) is 3.85. The van der Waals surface area contributed by atoms with Gasteiger partial charge in [-0.3, -0.25) is 4.68 Å². The van der Waals surface area contributed by atoms with Gasteiger partial charge in [0.1, 0.15) is 6.04 Å². The molecule has 2 aromatic rings. The molecule has 18 heavy (non-hydrogen) atoms. The third-order valence-corrected chi connectivity index (χ3v) is 4.58. The summed E-state index contributed by atoms with van der Waals surface area (Å²) >= 11 is 13.6. The molecule has 2 rings (SSSR count). The highest BCUT2D eigenvalue weighted by Crippen LogP contribution is 2.32. The average Bonchev–Trinajstić information content (AvgIpc) is 2.87. The van der Waals surface area contributed by atoms with Gasteiger partial charge in [-0.1, -0.05) is 30.1 Å². The minimum absolute atomic E-state index is 0.0151. The number of hydrogen-bond donors (Lipinski definition) is 1. The largest absolute Gasteiger partial charge is 0.326 e. The molecule has 0 aliphatic carbocycles. The molecule has 0 amide bonds. The number of hydrogen-bond acceptors (Lipinski definition) is 3. The highest BCUT2D eigenvalue weighted by Gasteiger charge is 2.23. The molecule has 0 aliphatic rings. The monoisotopic (exact) mass is 303 g/mol. The number of thiophene rings is 1. The predicted molar refractivity (Wildman–Crippen MR) is 77.7 cm³/mol. The van der Waals surface area contributed by atoms with E-state index in [0.29, 0.717) is 5.02 Å². The van der Waals surface area contributed by atoms with E-state index in [1.165, 1.54) is 11.3 Å². The van der Waals surface area contributed by atoms with Gasteiger partial charge in [0.25, 0.3) is 0 Å². The minimum atomic E-state index is -0.0184. The van der Waals surface area contributed by atoms with Gasteiger partial charge in [-0.05, 0) is 25.5 Å². The smallest absolute Gasteiger partial charge is 0.101 e. The van der Waals surface area contributed by atoms with Crippen molar-refractivity contribution in [1.29, 1.82) is 0 Å². The van der Waals surface area contributed by atoms with Gasteiger partial charge in [-0.2, -0.15) is 5.10 Å². The molecule has 2 heterocycles. The molecule has 0 bridgehead atoms. The van der Waals surface area contributed by atoms with E-state index in [4.69, 9.17) is 28.9 Å². The Hall–Kier alpha value is -0.550. The average molecular weight is 304 g/mol. The van der Waals surface area contributed by atoms with Gasteiger partial charge in [0, 0.05) is 17.1 Å². The summed E-state index contributed by atoms with van der Waals surface area (Å²) in [4.78, 5) is 1.11. The molecule has 0 spiro atoms. The number of rotatable bonds is 4. The fourth-order valence-electron chi connectivity index (χ4n) is 1.85. The first-order valence-electron chi connectivity index (χ1n) is 5.75. The Kier molecular flexibility index (Phi) is 4.33.